The maximum atomic E-state index is 8.25. The molecule has 1 aliphatic rings. The fraction of sp³-hybridized carbons (Fsp3) is 0.500. The Morgan fingerprint density at radius 3 is 1.50 bits per heavy atom. The second-order valence-electron chi connectivity index (χ2n) is 1.00. The van der Waals surface area contributed by atoms with Gasteiger partial charge in [0.25, 0.3) is 0 Å². The number of hydrogen-bond acceptors (Lipinski definition) is 3. The van der Waals surface area contributed by atoms with Crippen molar-refractivity contribution in [3.63, 3.8) is 0 Å². The average molecular weight is 337 g/mol. The van der Waals surface area contributed by atoms with Crippen molar-refractivity contribution in [2.45, 2.75) is 6.42 Å². The summed E-state index contributed by atoms with van der Waals surface area (Å²) in [5, 5.41) is 24.8. The SMILES string of the molecule is C[O-].C[O-].C[O-].[C-]1=CC=CC1.[Hf+4]. The quantitative estimate of drug-likeness (QED) is 0.388. The Bertz CT molecular complexity index is 72.4. The first kappa shape index (κ1) is 22.8. The summed E-state index contributed by atoms with van der Waals surface area (Å²) in [5.41, 5.74) is 0. The van der Waals surface area contributed by atoms with E-state index in [1.54, 1.807) is 0 Å². The molecule has 0 heterocycles. The molecule has 0 radical (unpaired) electrons. The van der Waals surface area contributed by atoms with Crippen LogP contribution in [0, 0.1) is 6.08 Å². The molecule has 1 rings (SSSR count). The summed E-state index contributed by atoms with van der Waals surface area (Å²) in [6.45, 7) is 0. The van der Waals surface area contributed by atoms with Crippen LogP contribution in [0.5, 0.6) is 0 Å². The molecule has 3 nitrogen and oxygen atoms in total. The van der Waals surface area contributed by atoms with E-state index < -0.39 is 0 Å². The molecule has 0 aliphatic heterocycles. The van der Waals surface area contributed by atoms with Crippen LogP contribution < -0.4 is 15.3 Å². The molecular weight excluding hydrogens is 323 g/mol. The molecule has 0 bridgehead atoms. The van der Waals surface area contributed by atoms with Gasteiger partial charge in [0.1, 0.15) is 0 Å². The summed E-state index contributed by atoms with van der Waals surface area (Å²) in [5.74, 6) is 0. The molecular formula is C8H14HfO3. The second-order valence-corrected chi connectivity index (χ2v) is 1.00. The number of hydrogen-bond donors (Lipinski definition) is 0. The summed E-state index contributed by atoms with van der Waals surface area (Å²) in [6, 6.07) is 0. The minimum absolute atomic E-state index is 0. The molecule has 0 aromatic rings. The molecule has 0 fully saturated rings. The van der Waals surface area contributed by atoms with Crippen molar-refractivity contribution in [1.82, 2.24) is 0 Å². The van der Waals surface area contributed by atoms with E-state index in [0.29, 0.717) is 0 Å². The maximum absolute atomic E-state index is 8.25. The largest absolute Gasteiger partial charge is 4.00 e. The average Bonchev–Trinajstić information content (AvgIpc) is 2.71. The second kappa shape index (κ2) is 43.0. The summed E-state index contributed by atoms with van der Waals surface area (Å²) in [6.07, 6.45) is 10.0. The van der Waals surface area contributed by atoms with Gasteiger partial charge >= 0.3 is 25.8 Å². The molecule has 12 heavy (non-hydrogen) atoms. The standard InChI is InChI=1S/C5H5.3CH3O.Hf/c1-2-4-5-3-1;3*1-2;/h1-3H,4H2;3*1H3;/q4*-1;+4. The summed E-state index contributed by atoms with van der Waals surface area (Å²) in [7, 11) is 2.25. The van der Waals surface area contributed by atoms with E-state index >= 15 is 0 Å². The van der Waals surface area contributed by atoms with Gasteiger partial charge in [-0.1, -0.05) is 0 Å². The van der Waals surface area contributed by atoms with E-state index in [0.717, 1.165) is 27.8 Å². The van der Waals surface area contributed by atoms with Crippen LogP contribution in [-0.2, 0) is 25.8 Å². The van der Waals surface area contributed by atoms with Gasteiger partial charge in [0.05, 0.1) is 0 Å². The predicted octanol–water partition coefficient (Wildman–Crippen LogP) is -1.77. The van der Waals surface area contributed by atoms with Gasteiger partial charge in [-0.15, -0.1) is 6.42 Å². The molecule has 1 aliphatic carbocycles. The van der Waals surface area contributed by atoms with Gasteiger partial charge in [-0.2, -0.15) is 27.4 Å². The van der Waals surface area contributed by atoms with Crippen molar-refractivity contribution in [2.75, 3.05) is 21.3 Å². The van der Waals surface area contributed by atoms with E-state index in [4.69, 9.17) is 15.3 Å². The Morgan fingerprint density at radius 2 is 1.42 bits per heavy atom. The van der Waals surface area contributed by atoms with Gasteiger partial charge in [-0.25, -0.2) is 12.2 Å². The first-order valence-corrected chi connectivity index (χ1v) is 2.94. The molecule has 0 saturated heterocycles. The zero-order valence-electron chi connectivity index (χ0n) is 7.66. The first-order chi connectivity index (χ1) is 5.50. The van der Waals surface area contributed by atoms with Gasteiger partial charge in [-0.3, -0.25) is 6.08 Å². The first-order valence-electron chi connectivity index (χ1n) is 2.94. The Morgan fingerprint density at radius 1 is 1.00 bits per heavy atom. The third kappa shape index (κ3) is 31.9. The zero-order valence-corrected chi connectivity index (χ0v) is 11.3. The fourth-order valence-corrected chi connectivity index (χ4v) is 0.340. The smallest absolute Gasteiger partial charge is 0.857 e. The van der Waals surface area contributed by atoms with Crippen molar-refractivity contribution in [1.29, 1.82) is 0 Å². The molecule has 68 valence electrons. The molecule has 0 N–H and O–H groups in total. The molecule has 0 atom stereocenters. The maximum Gasteiger partial charge on any atom is 4.00 e. The minimum atomic E-state index is 0. The Labute approximate surface area is 93.2 Å². The normalized spacial score (nSPS) is 8.83. The Hall–Kier alpha value is 0.230. The van der Waals surface area contributed by atoms with Crippen LogP contribution in [0.4, 0.5) is 0 Å². The zero-order chi connectivity index (χ0) is 9.54. The topological polar surface area (TPSA) is 69.2 Å². The van der Waals surface area contributed by atoms with Crippen LogP contribution in [-0.4, -0.2) is 21.3 Å². The van der Waals surface area contributed by atoms with Crippen molar-refractivity contribution < 1.29 is 41.2 Å². The number of rotatable bonds is 0. The molecule has 0 unspecified atom stereocenters. The summed E-state index contributed by atoms with van der Waals surface area (Å²) < 4.78 is 0. The van der Waals surface area contributed by atoms with E-state index in [-0.39, 0.29) is 25.8 Å². The fourth-order valence-electron chi connectivity index (χ4n) is 0.340. The summed E-state index contributed by atoms with van der Waals surface area (Å²) >= 11 is 0. The van der Waals surface area contributed by atoms with Gasteiger partial charge < -0.3 is 15.3 Å². The van der Waals surface area contributed by atoms with E-state index in [9.17, 15) is 0 Å². The van der Waals surface area contributed by atoms with Gasteiger partial charge in [-0.05, 0) is 0 Å². The third-order valence-electron chi connectivity index (χ3n) is 0.586. The molecule has 0 saturated carbocycles. The van der Waals surface area contributed by atoms with E-state index in [2.05, 4.69) is 12.2 Å². The van der Waals surface area contributed by atoms with Gasteiger partial charge in [0.15, 0.2) is 0 Å². The van der Waals surface area contributed by atoms with Crippen LogP contribution in [0.25, 0.3) is 0 Å². The van der Waals surface area contributed by atoms with Gasteiger partial charge in [0.2, 0.25) is 0 Å². The predicted molar refractivity (Wildman–Crippen MR) is 39.3 cm³/mol. The molecule has 4 heteroatoms. The van der Waals surface area contributed by atoms with E-state index in [1.165, 1.54) is 0 Å². The third-order valence-corrected chi connectivity index (χ3v) is 0.586. The Kier molecular flexibility index (Phi) is 81.5. The molecule has 0 aromatic carbocycles. The van der Waals surface area contributed by atoms with Crippen LogP contribution in [0.3, 0.4) is 0 Å². The molecule has 0 amide bonds. The van der Waals surface area contributed by atoms with Crippen molar-refractivity contribution in [3.8, 4) is 0 Å². The van der Waals surface area contributed by atoms with Crippen molar-refractivity contribution in [2.24, 2.45) is 0 Å². The molecule has 0 spiro atoms. The monoisotopic (exact) mass is 338 g/mol. The molecule has 0 aromatic heterocycles. The summed E-state index contributed by atoms with van der Waals surface area (Å²) in [4.78, 5) is 0. The van der Waals surface area contributed by atoms with Gasteiger partial charge in [0, 0.05) is 0 Å². The Balaban J connectivity index is -0.0000000406. The van der Waals surface area contributed by atoms with Crippen molar-refractivity contribution >= 4 is 0 Å². The van der Waals surface area contributed by atoms with Crippen molar-refractivity contribution in [3.05, 3.63) is 24.3 Å². The van der Waals surface area contributed by atoms with Crippen LogP contribution in [0.15, 0.2) is 18.2 Å². The van der Waals surface area contributed by atoms with Crippen LogP contribution >= 0.6 is 0 Å². The minimum Gasteiger partial charge on any atom is -0.857 e. The van der Waals surface area contributed by atoms with Crippen LogP contribution in [0.1, 0.15) is 6.42 Å². The van der Waals surface area contributed by atoms with Crippen LogP contribution in [0.2, 0.25) is 0 Å². The number of allylic oxidation sites excluding steroid dienone is 4. The van der Waals surface area contributed by atoms with E-state index in [1.807, 2.05) is 12.2 Å².